The van der Waals surface area contributed by atoms with Crippen molar-refractivity contribution in [3.63, 3.8) is 0 Å². The van der Waals surface area contributed by atoms with Gasteiger partial charge in [-0.3, -0.25) is 19.2 Å². The number of likely N-dealkylation sites (N-methyl/N-ethyl adjacent to an activating group) is 1. The quantitative estimate of drug-likeness (QED) is 0.478. The molecule has 1 aliphatic heterocycles. The summed E-state index contributed by atoms with van der Waals surface area (Å²) in [6.07, 6.45) is 5.32. The number of hydrogen-bond donors (Lipinski definition) is 3. The summed E-state index contributed by atoms with van der Waals surface area (Å²) in [5.41, 5.74) is 7.73. The first kappa shape index (κ1) is 22.5. The molecule has 1 saturated carbocycles. The number of nitrogens with one attached hydrogen (secondary N) is 2. The predicted octanol–water partition coefficient (Wildman–Crippen LogP) is 0.320. The molecule has 2 aliphatic carbocycles. The molecule has 0 radical (unpaired) electrons. The topological polar surface area (TPSA) is 122 Å². The van der Waals surface area contributed by atoms with Crippen LogP contribution in [0.3, 0.4) is 0 Å². The van der Waals surface area contributed by atoms with Crippen molar-refractivity contribution in [1.82, 2.24) is 15.5 Å². The van der Waals surface area contributed by atoms with E-state index in [9.17, 15) is 19.2 Å². The molecule has 8 nitrogen and oxygen atoms in total. The van der Waals surface area contributed by atoms with Gasteiger partial charge < -0.3 is 21.3 Å². The first-order chi connectivity index (χ1) is 15.4. The highest BCUT2D eigenvalue weighted by molar-refractivity contribution is 6.37. The van der Waals surface area contributed by atoms with Crippen molar-refractivity contribution in [2.24, 2.45) is 17.6 Å². The zero-order valence-electron chi connectivity index (χ0n) is 18.5. The fourth-order valence-electron chi connectivity index (χ4n) is 5.23. The molecular formula is C24H32N4O4. The molecule has 32 heavy (non-hydrogen) atoms. The van der Waals surface area contributed by atoms with E-state index in [1.807, 2.05) is 12.1 Å². The second kappa shape index (κ2) is 9.40. The molecule has 0 bridgehead atoms. The first-order valence-corrected chi connectivity index (χ1v) is 11.6. The smallest absolute Gasteiger partial charge is 0.287 e. The highest BCUT2D eigenvalue weighted by Gasteiger charge is 2.42. The Labute approximate surface area is 188 Å². The van der Waals surface area contributed by atoms with E-state index >= 15 is 0 Å². The Balaban J connectivity index is 1.43. The first-order valence-electron chi connectivity index (χ1n) is 11.6. The van der Waals surface area contributed by atoms with Crippen molar-refractivity contribution in [3.8, 4) is 0 Å². The molecule has 2 fully saturated rings. The van der Waals surface area contributed by atoms with E-state index in [0.29, 0.717) is 25.3 Å². The van der Waals surface area contributed by atoms with Crippen LogP contribution in [0.4, 0.5) is 0 Å². The van der Waals surface area contributed by atoms with Crippen molar-refractivity contribution < 1.29 is 19.2 Å². The molecule has 1 aromatic carbocycles. The van der Waals surface area contributed by atoms with Gasteiger partial charge in [-0.15, -0.1) is 0 Å². The number of nitrogens with two attached hydrogens (primary N) is 1. The van der Waals surface area contributed by atoms with Crippen LogP contribution in [0.5, 0.6) is 0 Å². The second-order valence-corrected chi connectivity index (χ2v) is 9.36. The Bertz CT molecular complexity index is 888. The summed E-state index contributed by atoms with van der Waals surface area (Å²) in [6.45, 7) is 0.506. The van der Waals surface area contributed by atoms with Crippen LogP contribution in [0.25, 0.3) is 0 Å². The third kappa shape index (κ3) is 4.70. The molecule has 172 valence electrons. The summed E-state index contributed by atoms with van der Waals surface area (Å²) in [6, 6.07) is 6.32. The predicted molar refractivity (Wildman–Crippen MR) is 118 cm³/mol. The number of fused-ring (bicyclic) bond motifs is 1. The molecule has 3 aliphatic rings. The summed E-state index contributed by atoms with van der Waals surface area (Å²) in [4.78, 5) is 51.9. The van der Waals surface area contributed by atoms with Gasteiger partial charge in [-0.25, -0.2) is 0 Å². The van der Waals surface area contributed by atoms with Crippen molar-refractivity contribution in [3.05, 3.63) is 35.4 Å². The van der Waals surface area contributed by atoms with Gasteiger partial charge in [0.2, 0.25) is 17.6 Å². The minimum absolute atomic E-state index is 0.0806. The lowest BCUT2D eigenvalue weighted by atomic mass is 9.95. The lowest BCUT2D eigenvalue weighted by molar-refractivity contribution is -0.142. The van der Waals surface area contributed by atoms with Gasteiger partial charge in [0.05, 0.1) is 12.1 Å². The Morgan fingerprint density at radius 1 is 1.09 bits per heavy atom. The van der Waals surface area contributed by atoms with Gasteiger partial charge in [0, 0.05) is 6.54 Å². The molecule has 4 rings (SSSR count). The zero-order valence-corrected chi connectivity index (χ0v) is 18.5. The monoisotopic (exact) mass is 440 g/mol. The summed E-state index contributed by atoms with van der Waals surface area (Å²) < 4.78 is 0. The molecule has 0 aromatic heterocycles. The van der Waals surface area contributed by atoms with Crippen molar-refractivity contribution in [2.75, 3.05) is 13.6 Å². The highest BCUT2D eigenvalue weighted by Crippen LogP contribution is 2.34. The number of amides is 3. The fourth-order valence-corrected chi connectivity index (χ4v) is 5.23. The van der Waals surface area contributed by atoms with Crippen LogP contribution in [0.15, 0.2) is 24.3 Å². The third-order valence-corrected chi connectivity index (χ3v) is 7.11. The molecule has 1 aromatic rings. The van der Waals surface area contributed by atoms with E-state index in [0.717, 1.165) is 32.1 Å². The van der Waals surface area contributed by atoms with Crippen LogP contribution in [0.2, 0.25) is 0 Å². The van der Waals surface area contributed by atoms with Gasteiger partial charge in [-0.1, -0.05) is 37.1 Å². The molecule has 1 saturated heterocycles. The lowest BCUT2D eigenvalue weighted by Crippen LogP contribution is -2.56. The summed E-state index contributed by atoms with van der Waals surface area (Å²) in [5, 5.41) is 5.92. The molecule has 3 amide bonds. The van der Waals surface area contributed by atoms with Gasteiger partial charge >= 0.3 is 0 Å². The average molecular weight is 441 g/mol. The molecule has 0 spiro atoms. The van der Waals surface area contributed by atoms with Crippen molar-refractivity contribution in [1.29, 1.82) is 0 Å². The van der Waals surface area contributed by atoms with Gasteiger partial charge in [0.1, 0.15) is 6.04 Å². The Kier molecular flexibility index (Phi) is 6.60. The van der Waals surface area contributed by atoms with Gasteiger partial charge in [-0.2, -0.15) is 0 Å². The lowest BCUT2D eigenvalue weighted by Gasteiger charge is -2.31. The number of ketones is 1. The van der Waals surface area contributed by atoms with Crippen molar-refractivity contribution >= 4 is 23.5 Å². The maximum Gasteiger partial charge on any atom is 0.287 e. The van der Waals surface area contributed by atoms with E-state index in [1.54, 1.807) is 11.9 Å². The maximum absolute atomic E-state index is 13.5. The minimum atomic E-state index is -1.04. The number of primary amides is 1. The third-order valence-electron chi connectivity index (χ3n) is 7.11. The highest BCUT2D eigenvalue weighted by atomic mass is 16.2. The zero-order chi connectivity index (χ0) is 22.8. The van der Waals surface area contributed by atoms with Crippen LogP contribution in [-0.2, 0) is 32.0 Å². The molecule has 8 heteroatoms. The SMILES string of the molecule is CNC(C(=O)N1CCCC1C(=O)NC(CC1CC1)C(=O)C(N)=O)C1Cc2ccccc2C1. The molecule has 1 heterocycles. The van der Waals surface area contributed by atoms with Crippen molar-refractivity contribution in [2.45, 2.75) is 63.1 Å². The number of carbonyl (C=O) groups is 4. The van der Waals surface area contributed by atoms with Crippen LogP contribution < -0.4 is 16.4 Å². The number of likely N-dealkylation sites (tertiary alicyclic amines) is 1. The number of rotatable bonds is 9. The fraction of sp³-hybridized carbons (Fsp3) is 0.583. The standard InChI is InChI=1S/C24H32N4O4/c1-26-20(17-12-15-5-2-3-6-16(15)13-17)24(32)28-10-4-7-19(28)23(31)27-18(11-14-8-9-14)21(29)22(25)30/h2-3,5-6,14,17-20,26H,4,7-13H2,1H3,(H2,25,30)(H,27,31). The summed E-state index contributed by atoms with van der Waals surface area (Å²) >= 11 is 0. The van der Waals surface area contributed by atoms with Crippen LogP contribution in [-0.4, -0.2) is 60.1 Å². The van der Waals surface area contributed by atoms with Gasteiger partial charge in [-0.05, 0) is 62.1 Å². The number of nitrogens with zero attached hydrogens (tertiary/aromatic N) is 1. The molecule has 3 atom stereocenters. The van der Waals surface area contributed by atoms with E-state index < -0.39 is 23.8 Å². The minimum Gasteiger partial charge on any atom is -0.363 e. The number of benzene rings is 1. The molecule has 4 N–H and O–H groups in total. The van der Waals surface area contributed by atoms with Crippen LogP contribution >= 0.6 is 0 Å². The summed E-state index contributed by atoms with van der Waals surface area (Å²) in [5.74, 6) is -1.79. The maximum atomic E-state index is 13.5. The molecule has 3 unspecified atom stereocenters. The Morgan fingerprint density at radius 2 is 1.75 bits per heavy atom. The van der Waals surface area contributed by atoms with E-state index in [-0.39, 0.29) is 23.8 Å². The summed E-state index contributed by atoms with van der Waals surface area (Å²) in [7, 11) is 1.79. The van der Waals surface area contributed by atoms with E-state index in [1.165, 1.54) is 11.1 Å². The normalized spacial score (nSPS) is 22.3. The number of carbonyl (C=O) groups excluding carboxylic acids is 4. The van der Waals surface area contributed by atoms with Gasteiger partial charge in [0.25, 0.3) is 5.91 Å². The van der Waals surface area contributed by atoms with Crippen LogP contribution in [0.1, 0.15) is 43.2 Å². The van der Waals surface area contributed by atoms with Gasteiger partial charge in [0.15, 0.2) is 0 Å². The number of hydrogen-bond acceptors (Lipinski definition) is 5. The average Bonchev–Trinajstić information content (AvgIpc) is 3.28. The van der Waals surface area contributed by atoms with Crippen LogP contribution in [0, 0.1) is 11.8 Å². The number of Topliss-reactive ketones (excluding diaryl/α,β-unsaturated/α-hetero) is 1. The Hall–Kier alpha value is -2.74. The Morgan fingerprint density at radius 3 is 2.31 bits per heavy atom. The molecular weight excluding hydrogens is 408 g/mol. The van der Waals surface area contributed by atoms with E-state index in [2.05, 4.69) is 22.8 Å². The van der Waals surface area contributed by atoms with E-state index in [4.69, 9.17) is 5.73 Å². The largest absolute Gasteiger partial charge is 0.363 e. The second-order valence-electron chi connectivity index (χ2n) is 9.36.